The molecule has 0 radical (unpaired) electrons. The molecule has 28 heavy (non-hydrogen) atoms. The highest BCUT2D eigenvalue weighted by Crippen LogP contribution is 2.48. The Balaban J connectivity index is 1.94. The Morgan fingerprint density at radius 1 is 1.25 bits per heavy atom. The summed E-state index contributed by atoms with van der Waals surface area (Å²) in [5, 5.41) is 4.38. The molecule has 1 atom stereocenters. The smallest absolute Gasteiger partial charge is 0.336 e. The van der Waals surface area contributed by atoms with Crippen LogP contribution < -0.4 is 5.32 Å². The van der Waals surface area contributed by atoms with Crippen LogP contribution in [0, 0.1) is 5.41 Å². The van der Waals surface area contributed by atoms with Gasteiger partial charge in [0.25, 0.3) is 0 Å². The number of aromatic nitrogens is 1. The number of fused-ring (bicyclic) bond motifs is 1. The number of carbonyl (C=O) groups excluding carboxylic acids is 2. The number of dihydropyridines is 1. The van der Waals surface area contributed by atoms with E-state index in [9.17, 15) is 9.59 Å². The van der Waals surface area contributed by atoms with E-state index in [1.54, 1.807) is 6.92 Å². The maximum atomic E-state index is 13.2. The van der Waals surface area contributed by atoms with Crippen LogP contribution in [0.4, 0.5) is 0 Å². The SMILES string of the molecule is CCOC(=O)C1=C(C)NC2=C(C(=O)CC(C)(C)C2)[C@@H]1c1c[nH]c2ccccc12. The second kappa shape index (κ2) is 6.66. The molecule has 1 aliphatic carbocycles. The third-order valence-corrected chi connectivity index (χ3v) is 5.67. The minimum absolute atomic E-state index is 0.100. The molecule has 2 aromatic rings. The summed E-state index contributed by atoms with van der Waals surface area (Å²) < 4.78 is 5.37. The van der Waals surface area contributed by atoms with Gasteiger partial charge >= 0.3 is 5.97 Å². The number of Topliss-reactive ketones (excluding diaryl/α,β-unsaturated/α-hetero) is 1. The van der Waals surface area contributed by atoms with Gasteiger partial charge in [0.05, 0.1) is 18.1 Å². The molecule has 0 fully saturated rings. The number of rotatable bonds is 3. The van der Waals surface area contributed by atoms with Crippen molar-refractivity contribution in [3.05, 3.63) is 58.6 Å². The maximum Gasteiger partial charge on any atom is 0.336 e. The first-order valence-electron chi connectivity index (χ1n) is 9.79. The third kappa shape index (κ3) is 2.95. The molecule has 0 spiro atoms. The first-order chi connectivity index (χ1) is 13.3. The molecule has 0 unspecified atom stereocenters. The zero-order valence-electron chi connectivity index (χ0n) is 16.8. The fourth-order valence-corrected chi connectivity index (χ4v) is 4.56. The van der Waals surface area contributed by atoms with Crippen molar-refractivity contribution in [2.45, 2.75) is 46.5 Å². The molecule has 2 aliphatic rings. The fourth-order valence-electron chi connectivity index (χ4n) is 4.56. The van der Waals surface area contributed by atoms with E-state index in [1.165, 1.54) is 0 Å². The van der Waals surface area contributed by atoms with E-state index in [-0.39, 0.29) is 17.2 Å². The molecule has 2 N–H and O–H groups in total. The second-order valence-corrected chi connectivity index (χ2v) is 8.44. The van der Waals surface area contributed by atoms with Crippen molar-refractivity contribution in [1.82, 2.24) is 10.3 Å². The summed E-state index contributed by atoms with van der Waals surface area (Å²) in [6.07, 6.45) is 3.17. The number of para-hydroxylation sites is 1. The number of ketones is 1. The molecule has 1 aliphatic heterocycles. The predicted molar refractivity (Wildman–Crippen MR) is 109 cm³/mol. The standard InChI is InChI=1S/C23H26N2O3/c1-5-28-22(27)19-13(2)25-17-10-23(3,4)11-18(26)21(17)20(19)15-12-24-16-9-7-6-8-14(15)16/h6-9,12,20,24-25H,5,10-11H2,1-4H3/t20-/m1/s1. The first-order valence-corrected chi connectivity index (χ1v) is 9.79. The summed E-state index contributed by atoms with van der Waals surface area (Å²) >= 11 is 0. The molecular formula is C23H26N2O3. The zero-order valence-corrected chi connectivity index (χ0v) is 16.8. The molecule has 0 bridgehead atoms. The van der Waals surface area contributed by atoms with Crippen LogP contribution in [-0.2, 0) is 14.3 Å². The quantitative estimate of drug-likeness (QED) is 0.780. The molecule has 4 rings (SSSR count). The molecular weight excluding hydrogens is 352 g/mol. The number of allylic oxidation sites excluding steroid dienone is 3. The number of aromatic amines is 1. The minimum atomic E-state index is -0.421. The van der Waals surface area contributed by atoms with Gasteiger partial charge in [0.15, 0.2) is 5.78 Å². The van der Waals surface area contributed by atoms with Crippen molar-refractivity contribution < 1.29 is 14.3 Å². The van der Waals surface area contributed by atoms with Crippen LogP contribution in [0.15, 0.2) is 53.0 Å². The predicted octanol–water partition coefficient (Wildman–Crippen LogP) is 4.34. The molecule has 0 saturated carbocycles. The second-order valence-electron chi connectivity index (χ2n) is 8.44. The number of hydrogen-bond donors (Lipinski definition) is 2. The van der Waals surface area contributed by atoms with Gasteiger partial charge in [0.1, 0.15) is 0 Å². The van der Waals surface area contributed by atoms with Crippen molar-refractivity contribution in [3.8, 4) is 0 Å². The Labute approximate surface area is 164 Å². The first kappa shape index (κ1) is 18.5. The lowest BCUT2D eigenvalue weighted by Gasteiger charge is -2.39. The minimum Gasteiger partial charge on any atom is -0.463 e. The van der Waals surface area contributed by atoms with Crippen molar-refractivity contribution in [1.29, 1.82) is 0 Å². The van der Waals surface area contributed by atoms with Crippen LogP contribution in [0.3, 0.4) is 0 Å². The normalized spacial score (nSPS) is 21.6. The van der Waals surface area contributed by atoms with Gasteiger partial charge in [0.2, 0.25) is 0 Å². The lowest BCUT2D eigenvalue weighted by Crippen LogP contribution is -2.38. The number of H-pyrrole nitrogens is 1. The van der Waals surface area contributed by atoms with Crippen LogP contribution in [0.2, 0.25) is 0 Å². The van der Waals surface area contributed by atoms with Gasteiger partial charge in [-0.15, -0.1) is 0 Å². The van der Waals surface area contributed by atoms with Crippen LogP contribution in [0.1, 0.15) is 52.0 Å². The van der Waals surface area contributed by atoms with Crippen molar-refractivity contribution in [3.63, 3.8) is 0 Å². The van der Waals surface area contributed by atoms with E-state index in [1.807, 2.05) is 37.4 Å². The van der Waals surface area contributed by atoms with Crippen LogP contribution >= 0.6 is 0 Å². The molecule has 1 aromatic carbocycles. The highest BCUT2D eigenvalue weighted by Gasteiger charge is 2.43. The number of benzene rings is 1. The van der Waals surface area contributed by atoms with Gasteiger partial charge in [-0.3, -0.25) is 4.79 Å². The highest BCUT2D eigenvalue weighted by molar-refractivity contribution is 6.05. The summed E-state index contributed by atoms with van der Waals surface area (Å²) in [5.74, 6) is -0.689. The summed E-state index contributed by atoms with van der Waals surface area (Å²) in [6.45, 7) is 8.20. The van der Waals surface area contributed by atoms with Crippen molar-refractivity contribution >= 4 is 22.7 Å². The van der Waals surface area contributed by atoms with Gasteiger partial charge in [-0.25, -0.2) is 4.79 Å². The van der Waals surface area contributed by atoms with Gasteiger partial charge < -0.3 is 15.0 Å². The molecule has 146 valence electrons. The maximum absolute atomic E-state index is 13.2. The number of hydrogen-bond acceptors (Lipinski definition) is 4. The Kier molecular flexibility index (Phi) is 4.41. The molecule has 5 nitrogen and oxygen atoms in total. The Morgan fingerprint density at radius 3 is 2.75 bits per heavy atom. The monoisotopic (exact) mass is 378 g/mol. The molecule has 0 amide bonds. The van der Waals surface area contributed by atoms with E-state index in [0.29, 0.717) is 24.2 Å². The lowest BCUT2D eigenvalue weighted by atomic mass is 9.68. The van der Waals surface area contributed by atoms with E-state index < -0.39 is 5.92 Å². The van der Waals surface area contributed by atoms with Crippen LogP contribution in [-0.4, -0.2) is 23.3 Å². The van der Waals surface area contributed by atoms with Crippen LogP contribution in [0.5, 0.6) is 0 Å². The Bertz CT molecular complexity index is 1040. The van der Waals surface area contributed by atoms with E-state index in [2.05, 4.69) is 24.1 Å². The van der Waals surface area contributed by atoms with Crippen LogP contribution in [0.25, 0.3) is 10.9 Å². The third-order valence-electron chi connectivity index (χ3n) is 5.67. The number of esters is 1. The average molecular weight is 378 g/mol. The van der Waals surface area contributed by atoms with Gasteiger partial charge in [-0.05, 0) is 37.3 Å². The molecule has 1 aromatic heterocycles. The Hall–Kier alpha value is -2.82. The number of ether oxygens (including phenoxy) is 1. The number of nitrogens with one attached hydrogen (secondary N) is 2. The fraction of sp³-hybridized carbons (Fsp3) is 0.391. The molecule has 0 saturated heterocycles. The summed E-state index contributed by atoms with van der Waals surface area (Å²) in [7, 11) is 0. The van der Waals surface area contributed by atoms with E-state index >= 15 is 0 Å². The Morgan fingerprint density at radius 2 is 2.00 bits per heavy atom. The largest absolute Gasteiger partial charge is 0.463 e. The highest BCUT2D eigenvalue weighted by atomic mass is 16.5. The van der Waals surface area contributed by atoms with Gasteiger partial charge in [-0.2, -0.15) is 0 Å². The summed E-state index contributed by atoms with van der Waals surface area (Å²) in [6, 6.07) is 7.97. The average Bonchev–Trinajstić information content (AvgIpc) is 3.03. The lowest BCUT2D eigenvalue weighted by molar-refractivity contribution is -0.138. The van der Waals surface area contributed by atoms with Crippen molar-refractivity contribution in [2.75, 3.05) is 6.61 Å². The molecule has 2 heterocycles. The van der Waals surface area contributed by atoms with Crippen molar-refractivity contribution in [2.24, 2.45) is 5.41 Å². The zero-order chi connectivity index (χ0) is 20.1. The van der Waals surface area contributed by atoms with Gasteiger partial charge in [0, 0.05) is 40.5 Å². The number of carbonyl (C=O) groups is 2. The van der Waals surface area contributed by atoms with Gasteiger partial charge in [-0.1, -0.05) is 32.0 Å². The topological polar surface area (TPSA) is 71.2 Å². The van der Waals surface area contributed by atoms with E-state index in [0.717, 1.165) is 34.3 Å². The molecule has 5 heteroatoms. The van der Waals surface area contributed by atoms with E-state index in [4.69, 9.17) is 4.74 Å². The summed E-state index contributed by atoms with van der Waals surface area (Å²) in [5.41, 5.74) is 4.76. The summed E-state index contributed by atoms with van der Waals surface area (Å²) in [4.78, 5) is 29.4.